The quantitative estimate of drug-likeness (QED) is 0.777. The van der Waals surface area contributed by atoms with Crippen LogP contribution in [0.3, 0.4) is 0 Å². The van der Waals surface area contributed by atoms with Crippen LogP contribution in [0.15, 0.2) is 11.1 Å². The van der Waals surface area contributed by atoms with Gasteiger partial charge in [0.05, 0.1) is 11.7 Å². The zero-order valence-corrected chi connectivity index (χ0v) is 13.8. The summed E-state index contributed by atoms with van der Waals surface area (Å²) in [4.78, 5) is 19.6. The molecule has 1 aliphatic rings. The standard InChI is InChI=1S/C17H24N2OS/c1-3-4-5-6-9-19-11-18-16-15(17(19)20)13-8-7-12(2)10-14(13)21-16/h11-12H,3-10H2,1-2H3. The van der Waals surface area contributed by atoms with Crippen LogP contribution in [0.1, 0.15) is 56.4 Å². The van der Waals surface area contributed by atoms with Gasteiger partial charge in [0.1, 0.15) is 4.83 Å². The number of thiophene rings is 1. The Morgan fingerprint density at radius 1 is 1.38 bits per heavy atom. The number of rotatable bonds is 5. The van der Waals surface area contributed by atoms with Crippen LogP contribution in [-0.4, -0.2) is 9.55 Å². The fraction of sp³-hybridized carbons (Fsp3) is 0.647. The van der Waals surface area contributed by atoms with Crippen molar-refractivity contribution >= 4 is 21.6 Å². The molecule has 0 saturated carbocycles. The Labute approximate surface area is 130 Å². The maximum absolute atomic E-state index is 12.7. The van der Waals surface area contributed by atoms with Crippen LogP contribution in [0.2, 0.25) is 0 Å². The lowest BCUT2D eigenvalue weighted by Gasteiger charge is -2.17. The molecule has 114 valence electrons. The van der Waals surface area contributed by atoms with E-state index in [1.165, 1.54) is 36.1 Å². The molecule has 0 fully saturated rings. The van der Waals surface area contributed by atoms with Crippen molar-refractivity contribution in [2.75, 3.05) is 0 Å². The van der Waals surface area contributed by atoms with Crippen LogP contribution >= 0.6 is 11.3 Å². The average Bonchev–Trinajstić information content (AvgIpc) is 2.83. The van der Waals surface area contributed by atoms with Crippen molar-refractivity contribution in [2.24, 2.45) is 5.92 Å². The smallest absolute Gasteiger partial charge is 0.262 e. The van der Waals surface area contributed by atoms with Crippen LogP contribution in [0, 0.1) is 5.92 Å². The Morgan fingerprint density at radius 3 is 3.05 bits per heavy atom. The number of aryl methyl sites for hydroxylation is 2. The molecule has 0 spiro atoms. The topological polar surface area (TPSA) is 34.9 Å². The van der Waals surface area contributed by atoms with E-state index < -0.39 is 0 Å². The Balaban J connectivity index is 1.91. The average molecular weight is 304 g/mol. The minimum atomic E-state index is 0.184. The van der Waals surface area contributed by atoms with Gasteiger partial charge in [-0.3, -0.25) is 9.36 Å². The normalized spacial score (nSPS) is 18.1. The Morgan fingerprint density at radius 2 is 2.24 bits per heavy atom. The monoisotopic (exact) mass is 304 g/mol. The van der Waals surface area contributed by atoms with Crippen LogP contribution < -0.4 is 5.56 Å². The van der Waals surface area contributed by atoms with Crippen LogP contribution in [0.25, 0.3) is 10.2 Å². The minimum absolute atomic E-state index is 0.184. The van der Waals surface area contributed by atoms with Crippen molar-refractivity contribution in [1.29, 1.82) is 0 Å². The molecule has 0 bridgehead atoms. The fourth-order valence-electron chi connectivity index (χ4n) is 3.23. The van der Waals surface area contributed by atoms with Crippen molar-refractivity contribution in [2.45, 2.75) is 65.3 Å². The van der Waals surface area contributed by atoms with Gasteiger partial charge in [0.15, 0.2) is 0 Å². The summed E-state index contributed by atoms with van der Waals surface area (Å²) in [6.07, 6.45) is 9.86. The van der Waals surface area contributed by atoms with Gasteiger partial charge in [-0.15, -0.1) is 11.3 Å². The molecule has 2 aromatic rings. The van der Waals surface area contributed by atoms with Crippen LogP contribution in [0.4, 0.5) is 0 Å². The molecule has 2 aromatic heterocycles. The molecular weight excluding hydrogens is 280 g/mol. The van der Waals surface area contributed by atoms with Crippen LogP contribution in [0.5, 0.6) is 0 Å². The summed E-state index contributed by atoms with van der Waals surface area (Å²) in [5.41, 5.74) is 1.48. The van der Waals surface area contributed by atoms with Gasteiger partial charge in [0, 0.05) is 11.4 Å². The first-order valence-electron chi connectivity index (χ1n) is 8.20. The lowest BCUT2D eigenvalue weighted by atomic mass is 9.89. The number of unbranched alkanes of at least 4 members (excludes halogenated alkanes) is 3. The Kier molecular flexibility index (Phi) is 4.43. The number of fused-ring (bicyclic) bond motifs is 3. The molecule has 2 heterocycles. The summed E-state index contributed by atoms with van der Waals surface area (Å²) in [6, 6.07) is 0. The molecule has 1 unspecified atom stereocenters. The summed E-state index contributed by atoms with van der Waals surface area (Å²) >= 11 is 1.73. The first kappa shape index (κ1) is 14.8. The van der Waals surface area contributed by atoms with E-state index in [4.69, 9.17) is 0 Å². The first-order valence-corrected chi connectivity index (χ1v) is 9.02. The lowest BCUT2D eigenvalue weighted by molar-refractivity contribution is 0.508. The van der Waals surface area contributed by atoms with Crippen molar-refractivity contribution in [3.63, 3.8) is 0 Å². The maximum atomic E-state index is 12.7. The van der Waals surface area contributed by atoms with Crippen molar-refractivity contribution in [3.8, 4) is 0 Å². The summed E-state index contributed by atoms with van der Waals surface area (Å²) < 4.78 is 1.82. The molecule has 0 aromatic carbocycles. The third-order valence-corrected chi connectivity index (χ3v) is 5.70. The second-order valence-corrected chi connectivity index (χ2v) is 7.42. The van der Waals surface area contributed by atoms with Gasteiger partial charge in [-0.2, -0.15) is 0 Å². The molecule has 0 aliphatic heterocycles. The van der Waals surface area contributed by atoms with E-state index in [2.05, 4.69) is 18.8 Å². The third kappa shape index (κ3) is 2.91. The minimum Gasteiger partial charge on any atom is -0.299 e. The number of hydrogen-bond donors (Lipinski definition) is 0. The molecule has 0 radical (unpaired) electrons. The van der Waals surface area contributed by atoms with E-state index in [0.29, 0.717) is 0 Å². The van der Waals surface area contributed by atoms with E-state index in [1.54, 1.807) is 17.7 Å². The zero-order valence-electron chi connectivity index (χ0n) is 13.0. The highest BCUT2D eigenvalue weighted by Crippen LogP contribution is 2.35. The molecule has 0 amide bonds. The molecule has 3 nitrogen and oxygen atoms in total. The fourth-order valence-corrected chi connectivity index (χ4v) is 4.58. The number of aromatic nitrogens is 2. The van der Waals surface area contributed by atoms with Gasteiger partial charge >= 0.3 is 0 Å². The zero-order chi connectivity index (χ0) is 14.8. The second-order valence-electron chi connectivity index (χ2n) is 6.34. The van der Waals surface area contributed by atoms with E-state index in [0.717, 1.165) is 41.9 Å². The number of nitrogens with zero attached hydrogens (tertiary/aromatic N) is 2. The molecule has 4 heteroatoms. The largest absolute Gasteiger partial charge is 0.299 e. The highest BCUT2D eigenvalue weighted by atomic mass is 32.1. The third-order valence-electron chi connectivity index (χ3n) is 4.53. The molecule has 0 saturated heterocycles. The van der Waals surface area contributed by atoms with Gasteiger partial charge in [0.2, 0.25) is 0 Å². The van der Waals surface area contributed by atoms with Crippen LogP contribution in [-0.2, 0) is 19.4 Å². The highest BCUT2D eigenvalue weighted by Gasteiger charge is 2.22. The summed E-state index contributed by atoms with van der Waals surface area (Å²) in [7, 11) is 0. The summed E-state index contributed by atoms with van der Waals surface area (Å²) in [6.45, 7) is 5.31. The molecule has 1 aliphatic carbocycles. The van der Waals surface area contributed by atoms with Gasteiger partial charge in [-0.1, -0.05) is 33.1 Å². The van der Waals surface area contributed by atoms with Gasteiger partial charge in [-0.05, 0) is 37.2 Å². The van der Waals surface area contributed by atoms with E-state index in [1.807, 2.05) is 4.57 Å². The van der Waals surface area contributed by atoms with Crippen molar-refractivity contribution in [3.05, 3.63) is 27.1 Å². The van der Waals surface area contributed by atoms with E-state index >= 15 is 0 Å². The molecular formula is C17H24N2OS. The SMILES string of the molecule is CCCCCCn1cnc2sc3c(c2c1=O)CCC(C)C3. The predicted octanol–water partition coefficient (Wildman–Crippen LogP) is 4.16. The van der Waals surface area contributed by atoms with E-state index in [9.17, 15) is 4.79 Å². The van der Waals surface area contributed by atoms with Gasteiger partial charge in [-0.25, -0.2) is 4.98 Å². The summed E-state index contributed by atoms with van der Waals surface area (Å²) in [5.74, 6) is 0.738. The predicted molar refractivity (Wildman–Crippen MR) is 89.2 cm³/mol. The lowest BCUT2D eigenvalue weighted by Crippen LogP contribution is -2.21. The van der Waals surface area contributed by atoms with Gasteiger partial charge < -0.3 is 0 Å². The van der Waals surface area contributed by atoms with Gasteiger partial charge in [0.25, 0.3) is 5.56 Å². The Bertz CT molecular complexity index is 686. The number of hydrogen-bond acceptors (Lipinski definition) is 3. The Hall–Kier alpha value is -1.16. The molecule has 3 rings (SSSR count). The van der Waals surface area contributed by atoms with Crippen molar-refractivity contribution < 1.29 is 0 Å². The second kappa shape index (κ2) is 6.30. The summed E-state index contributed by atoms with van der Waals surface area (Å²) in [5, 5.41) is 0.917. The molecule has 0 N–H and O–H groups in total. The van der Waals surface area contributed by atoms with E-state index in [-0.39, 0.29) is 5.56 Å². The first-order chi connectivity index (χ1) is 10.2. The maximum Gasteiger partial charge on any atom is 0.262 e. The highest BCUT2D eigenvalue weighted by molar-refractivity contribution is 7.18. The molecule has 21 heavy (non-hydrogen) atoms. The van der Waals surface area contributed by atoms with Crippen molar-refractivity contribution in [1.82, 2.24) is 9.55 Å². The molecule has 1 atom stereocenters.